The molecule has 0 aromatic rings. The van der Waals surface area contributed by atoms with E-state index in [2.05, 4.69) is 15.9 Å². The minimum absolute atomic E-state index is 0.203. The lowest BCUT2D eigenvalue weighted by Crippen LogP contribution is -2.16. The summed E-state index contributed by atoms with van der Waals surface area (Å²) in [5.74, 6) is 1.19. The molecule has 0 aliphatic carbocycles. The topological polar surface area (TPSA) is 58.9 Å². The highest BCUT2D eigenvalue weighted by molar-refractivity contribution is 6.43. The van der Waals surface area contributed by atoms with Crippen LogP contribution < -0.4 is 0 Å². The Hall–Kier alpha value is -2.02. The minimum atomic E-state index is -1.18. The van der Waals surface area contributed by atoms with Crippen LogP contribution in [0.1, 0.15) is 13.8 Å². The monoisotopic (exact) mass is 207 g/mol. The fourth-order valence-corrected chi connectivity index (χ4v) is 0.921. The number of aliphatic carboxylic acids is 1. The van der Waals surface area contributed by atoms with Gasteiger partial charge in [-0.1, -0.05) is 23.2 Å². The van der Waals surface area contributed by atoms with Crippen molar-refractivity contribution in [1.82, 2.24) is 0 Å². The van der Waals surface area contributed by atoms with Crippen molar-refractivity contribution in [2.45, 2.75) is 13.8 Å². The second-order valence-electron chi connectivity index (χ2n) is 2.61. The number of oxime groups is 1. The maximum Gasteiger partial charge on any atom is 0.358 e. The van der Waals surface area contributed by atoms with Crippen LogP contribution in [0, 0.1) is 12.3 Å². The summed E-state index contributed by atoms with van der Waals surface area (Å²) in [6.07, 6.45) is 8.48. The van der Waals surface area contributed by atoms with Gasteiger partial charge in [0.05, 0.1) is 0 Å². The third-order valence-corrected chi connectivity index (χ3v) is 1.59. The molecule has 0 aromatic carbocycles. The maximum absolute atomic E-state index is 10.9. The van der Waals surface area contributed by atoms with Gasteiger partial charge in [0.2, 0.25) is 0 Å². The molecular formula is C11H13NO3. The third-order valence-electron chi connectivity index (χ3n) is 1.59. The van der Waals surface area contributed by atoms with Crippen LogP contribution in [0.5, 0.6) is 0 Å². The van der Waals surface area contributed by atoms with Crippen LogP contribution in [0.3, 0.4) is 0 Å². The van der Waals surface area contributed by atoms with Gasteiger partial charge in [-0.15, -0.1) is 6.42 Å². The van der Waals surface area contributed by atoms with E-state index in [9.17, 15) is 4.79 Å². The van der Waals surface area contributed by atoms with Crippen LogP contribution in [0.4, 0.5) is 0 Å². The van der Waals surface area contributed by atoms with Crippen LogP contribution in [0.2, 0.25) is 0 Å². The molecule has 0 atom stereocenters. The summed E-state index contributed by atoms with van der Waals surface area (Å²) in [6, 6.07) is 0. The standard InChI is InChI=1S/C11H13NO3/c1-5-7-9(8(3)6-2)10(11(13)14)12-15-4/h2,5,7H,1,3-4H3,(H,13,14)/b7-5-,9-8+,12-10+. The molecule has 0 radical (unpaired) electrons. The molecule has 0 heterocycles. The van der Waals surface area contributed by atoms with Crippen molar-refractivity contribution < 1.29 is 14.7 Å². The summed E-state index contributed by atoms with van der Waals surface area (Å²) >= 11 is 0. The van der Waals surface area contributed by atoms with Crippen molar-refractivity contribution in [1.29, 1.82) is 0 Å². The zero-order valence-electron chi connectivity index (χ0n) is 8.94. The van der Waals surface area contributed by atoms with E-state index >= 15 is 0 Å². The molecule has 0 bridgehead atoms. The molecule has 0 unspecified atom stereocenters. The first kappa shape index (κ1) is 13.0. The van der Waals surface area contributed by atoms with Crippen molar-refractivity contribution in [3.63, 3.8) is 0 Å². The third kappa shape index (κ3) is 3.69. The molecule has 0 amide bonds. The van der Waals surface area contributed by atoms with Crippen LogP contribution in [0.15, 0.2) is 28.5 Å². The lowest BCUT2D eigenvalue weighted by Gasteiger charge is -2.03. The lowest BCUT2D eigenvalue weighted by molar-refractivity contribution is -0.129. The van der Waals surface area contributed by atoms with Gasteiger partial charge in [-0.05, 0) is 13.8 Å². The second kappa shape index (κ2) is 6.44. The van der Waals surface area contributed by atoms with Crippen molar-refractivity contribution in [2.24, 2.45) is 5.16 Å². The van der Waals surface area contributed by atoms with Crippen molar-refractivity contribution >= 4 is 11.7 Å². The minimum Gasteiger partial charge on any atom is -0.476 e. The summed E-state index contributed by atoms with van der Waals surface area (Å²) in [7, 11) is 1.28. The largest absolute Gasteiger partial charge is 0.476 e. The molecular weight excluding hydrogens is 194 g/mol. The van der Waals surface area contributed by atoms with Gasteiger partial charge in [-0.2, -0.15) is 0 Å². The predicted octanol–water partition coefficient (Wildman–Crippen LogP) is 1.60. The molecule has 0 fully saturated rings. The Bertz CT molecular complexity index is 370. The van der Waals surface area contributed by atoms with Gasteiger partial charge in [0.25, 0.3) is 0 Å². The average Bonchev–Trinajstić information content (AvgIpc) is 2.21. The Balaban J connectivity index is 5.54. The molecule has 80 valence electrons. The number of carbonyl (C=O) groups is 1. The lowest BCUT2D eigenvalue weighted by atomic mass is 10.0. The molecule has 0 spiro atoms. The van der Waals surface area contributed by atoms with Gasteiger partial charge >= 0.3 is 5.97 Å². The number of allylic oxidation sites excluding steroid dienone is 3. The van der Waals surface area contributed by atoms with E-state index in [4.69, 9.17) is 11.5 Å². The Kier molecular flexibility index (Phi) is 5.57. The highest BCUT2D eigenvalue weighted by Gasteiger charge is 2.16. The summed E-state index contributed by atoms with van der Waals surface area (Å²) in [6.45, 7) is 3.40. The van der Waals surface area contributed by atoms with E-state index in [0.717, 1.165) is 0 Å². The molecule has 0 saturated carbocycles. The van der Waals surface area contributed by atoms with Crippen molar-refractivity contribution in [2.75, 3.05) is 7.11 Å². The van der Waals surface area contributed by atoms with E-state index in [1.165, 1.54) is 7.11 Å². The molecule has 0 aliphatic heterocycles. The first-order valence-electron chi connectivity index (χ1n) is 4.23. The average molecular weight is 207 g/mol. The summed E-state index contributed by atoms with van der Waals surface area (Å²) in [4.78, 5) is 15.3. The second-order valence-corrected chi connectivity index (χ2v) is 2.61. The van der Waals surface area contributed by atoms with E-state index in [1.54, 1.807) is 26.0 Å². The number of nitrogens with zero attached hydrogens (tertiary/aromatic N) is 1. The number of carboxylic acids is 1. The summed E-state index contributed by atoms with van der Waals surface area (Å²) < 4.78 is 0. The van der Waals surface area contributed by atoms with Gasteiger partial charge in [-0.3, -0.25) is 0 Å². The molecule has 15 heavy (non-hydrogen) atoms. The van der Waals surface area contributed by atoms with Crippen molar-refractivity contribution in [3.05, 3.63) is 23.3 Å². The SMILES string of the molecule is C#C/C(C)=C(\C=C/C)C(=N\OC)/C(=O)O. The molecule has 0 rings (SSSR count). The summed E-state index contributed by atoms with van der Waals surface area (Å²) in [5, 5.41) is 12.3. The number of terminal acetylenes is 1. The number of rotatable bonds is 4. The smallest absolute Gasteiger partial charge is 0.358 e. The fraction of sp³-hybridized carbons (Fsp3) is 0.273. The van der Waals surface area contributed by atoms with Gasteiger partial charge in [0.15, 0.2) is 5.71 Å². The van der Waals surface area contributed by atoms with E-state index in [1.807, 2.05) is 0 Å². The Morgan fingerprint density at radius 1 is 1.60 bits per heavy atom. The highest BCUT2D eigenvalue weighted by atomic mass is 16.6. The van der Waals surface area contributed by atoms with Crippen LogP contribution in [0.25, 0.3) is 0 Å². The van der Waals surface area contributed by atoms with E-state index < -0.39 is 5.97 Å². The van der Waals surface area contributed by atoms with Crippen LogP contribution >= 0.6 is 0 Å². The zero-order chi connectivity index (χ0) is 11.8. The molecule has 0 aromatic heterocycles. The number of hydrogen-bond donors (Lipinski definition) is 1. The van der Waals surface area contributed by atoms with Gasteiger partial charge in [0, 0.05) is 11.1 Å². The highest BCUT2D eigenvalue weighted by Crippen LogP contribution is 2.09. The quantitative estimate of drug-likeness (QED) is 0.329. The summed E-state index contributed by atoms with van der Waals surface area (Å²) in [5.41, 5.74) is 0.659. The molecule has 0 aliphatic rings. The van der Waals surface area contributed by atoms with Gasteiger partial charge < -0.3 is 9.94 Å². The molecule has 0 saturated heterocycles. The van der Waals surface area contributed by atoms with Gasteiger partial charge in [-0.25, -0.2) is 4.79 Å². The fourth-order valence-electron chi connectivity index (χ4n) is 0.921. The van der Waals surface area contributed by atoms with Crippen molar-refractivity contribution in [3.8, 4) is 12.3 Å². The Labute approximate surface area is 88.9 Å². The first-order chi connectivity index (χ1) is 7.08. The zero-order valence-corrected chi connectivity index (χ0v) is 8.94. The van der Waals surface area contributed by atoms with E-state index in [-0.39, 0.29) is 5.71 Å². The Morgan fingerprint density at radius 2 is 2.20 bits per heavy atom. The predicted molar refractivity (Wildman–Crippen MR) is 58.4 cm³/mol. The number of hydrogen-bond acceptors (Lipinski definition) is 3. The maximum atomic E-state index is 10.9. The van der Waals surface area contributed by atoms with Crippen LogP contribution in [-0.4, -0.2) is 23.9 Å². The molecule has 4 heteroatoms. The number of carboxylic acid groups (broad SMARTS) is 1. The molecule has 1 N–H and O–H groups in total. The normalized spacial score (nSPS) is 13.3. The Morgan fingerprint density at radius 3 is 2.53 bits per heavy atom. The van der Waals surface area contributed by atoms with E-state index in [0.29, 0.717) is 11.1 Å². The van der Waals surface area contributed by atoms with Gasteiger partial charge in [0.1, 0.15) is 7.11 Å². The molecule has 4 nitrogen and oxygen atoms in total. The first-order valence-corrected chi connectivity index (χ1v) is 4.23. The van der Waals surface area contributed by atoms with Crippen LogP contribution in [-0.2, 0) is 9.63 Å².